The van der Waals surface area contributed by atoms with Gasteiger partial charge in [0.1, 0.15) is 0 Å². The number of ether oxygens (including phenoxy) is 1. The molecule has 0 bridgehead atoms. The first-order chi connectivity index (χ1) is 10.0. The molecule has 0 amide bonds. The van der Waals surface area contributed by atoms with Crippen molar-refractivity contribution in [2.24, 2.45) is 11.8 Å². The monoisotopic (exact) mass is 296 g/mol. The number of nitrogens with one attached hydrogen (secondary N) is 1. The van der Waals surface area contributed by atoms with Crippen molar-refractivity contribution in [3.8, 4) is 0 Å². The SMILES string of the molecule is CC(C)CCOCCN1CC2(CCCC2)NCC1C(C)C. The molecule has 1 aliphatic carbocycles. The molecule has 1 spiro atoms. The molecule has 1 atom stereocenters. The number of rotatable bonds is 7. The Balaban J connectivity index is 1.80. The maximum Gasteiger partial charge on any atom is 0.0593 e. The topological polar surface area (TPSA) is 24.5 Å². The maximum absolute atomic E-state index is 5.86. The number of hydrogen-bond donors (Lipinski definition) is 1. The molecular formula is C18H36N2O. The van der Waals surface area contributed by atoms with E-state index in [9.17, 15) is 0 Å². The Morgan fingerprint density at radius 3 is 2.48 bits per heavy atom. The standard InChI is InChI=1S/C18H36N2O/c1-15(2)7-11-21-12-10-20-14-18(8-5-6-9-18)19-13-17(20)16(3)4/h15-17,19H,5-14H2,1-4H3. The molecule has 2 fully saturated rings. The van der Waals surface area contributed by atoms with E-state index in [4.69, 9.17) is 4.74 Å². The summed E-state index contributed by atoms with van der Waals surface area (Å²) >= 11 is 0. The molecule has 0 aromatic carbocycles. The second-order valence-corrected chi connectivity index (χ2v) is 7.95. The molecule has 3 heteroatoms. The van der Waals surface area contributed by atoms with E-state index in [0.29, 0.717) is 17.5 Å². The number of piperazine rings is 1. The predicted octanol–water partition coefficient (Wildman–Crippen LogP) is 3.29. The summed E-state index contributed by atoms with van der Waals surface area (Å²) < 4.78 is 5.86. The van der Waals surface area contributed by atoms with Gasteiger partial charge in [-0.25, -0.2) is 0 Å². The second kappa shape index (κ2) is 7.94. The molecule has 1 aliphatic heterocycles. The summed E-state index contributed by atoms with van der Waals surface area (Å²) in [6.45, 7) is 14.5. The minimum Gasteiger partial charge on any atom is -0.380 e. The van der Waals surface area contributed by atoms with Gasteiger partial charge in [0.25, 0.3) is 0 Å². The van der Waals surface area contributed by atoms with Gasteiger partial charge in [-0.05, 0) is 31.1 Å². The maximum atomic E-state index is 5.86. The van der Waals surface area contributed by atoms with Crippen LogP contribution in [0.2, 0.25) is 0 Å². The zero-order chi connectivity index (χ0) is 15.3. The lowest BCUT2D eigenvalue weighted by Gasteiger charge is -2.48. The van der Waals surface area contributed by atoms with Gasteiger partial charge in [0.2, 0.25) is 0 Å². The fourth-order valence-electron chi connectivity index (χ4n) is 3.90. The average Bonchev–Trinajstić information content (AvgIpc) is 2.86. The van der Waals surface area contributed by atoms with Crippen LogP contribution < -0.4 is 5.32 Å². The van der Waals surface area contributed by atoms with Gasteiger partial charge in [-0.1, -0.05) is 40.5 Å². The summed E-state index contributed by atoms with van der Waals surface area (Å²) in [5.74, 6) is 1.46. The van der Waals surface area contributed by atoms with E-state index in [1.165, 1.54) is 38.6 Å². The molecule has 0 radical (unpaired) electrons. The first kappa shape index (κ1) is 17.2. The van der Waals surface area contributed by atoms with E-state index in [2.05, 4.69) is 37.9 Å². The molecule has 1 heterocycles. The van der Waals surface area contributed by atoms with E-state index >= 15 is 0 Å². The van der Waals surface area contributed by atoms with Gasteiger partial charge in [0.15, 0.2) is 0 Å². The summed E-state index contributed by atoms with van der Waals surface area (Å²) in [5, 5.41) is 3.89. The lowest BCUT2D eigenvalue weighted by atomic mass is 9.89. The van der Waals surface area contributed by atoms with E-state index in [-0.39, 0.29) is 0 Å². The Morgan fingerprint density at radius 1 is 1.14 bits per heavy atom. The van der Waals surface area contributed by atoms with Crippen LogP contribution in [0.5, 0.6) is 0 Å². The highest BCUT2D eigenvalue weighted by Gasteiger charge is 2.41. The third kappa shape index (κ3) is 4.94. The van der Waals surface area contributed by atoms with E-state index < -0.39 is 0 Å². The van der Waals surface area contributed by atoms with Gasteiger partial charge in [0, 0.05) is 37.8 Å². The van der Waals surface area contributed by atoms with Crippen molar-refractivity contribution in [3.05, 3.63) is 0 Å². The largest absolute Gasteiger partial charge is 0.380 e. The van der Waals surface area contributed by atoms with Crippen LogP contribution in [0.1, 0.15) is 59.8 Å². The zero-order valence-electron chi connectivity index (χ0n) is 14.7. The Bertz CT molecular complexity index is 298. The number of nitrogens with zero attached hydrogens (tertiary/aromatic N) is 1. The summed E-state index contributed by atoms with van der Waals surface area (Å²) in [6, 6.07) is 0.671. The Morgan fingerprint density at radius 2 is 1.86 bits per heavy atom. The third-order valence-corrected chi connectivity index (χ3v) is 5.35. The first-order valence-corrected chi connectivity index (χ1v) is 9.09. The summed E-state index contributed by atoms with van der Waals surface area (Å²) in [6.07, 6.45) is 6.71. The van der Waals surface area contributed by atoms with E-state index in [1.54, 1.807) is 0 Å². The van der Waals surface area contributed by atoms with Crippen LogP contribution in [0.15, 0.2) is 0 Å². The Labute approximate surface area is 131 Å². The molecular weight excluding hydrogens is 260 g/mol. The van der Waals surface area contributed by atoms with Crippen LogP contribution in [0.3, 0.4) is 0 Å². The van der Waals surface area contributed by atoms with Crippen LogP contribution in [0, 0.1) is 11.8 Å². The fourth-order valence-corrected chi connectivity index (χ4v) is 3.90. The summed E-state index contributed by atoms with van der Waals surface area (Å²) in [4.78, 5) is 2.71. The number of hydrogen-bond acceptors (Lipinski definition) is 3. The highest BCUT2D eigenvalue weighted by molar-refractivity contribution is 5.01. The zero-order valence-corrected chi connectivity index (χ0v) is 14.7. The third-order valence-electron chi connectivity index (χ3n) is 5.35. The van der Waals surface area contributed by atoms with Gasteiger partial charge in [-0.15, -0.1) is 0 Å². The van der Waals surface area contributed by atoms with Gasteiger partial charge in [-0.3, -0.25) is 4.90 Å². The fraction of sp³-hybridized carbons (Fsp3) is 1.00. The van der Waals surface area contributed by atoms with Crippen molar-refractivity contribution in [2.45, 2.75) is 71.4 Å². The van der Waals surface area contributed by atoms with Gasteiger partial charge < -0.3 is 10.1 Å². The average molecular weight is 296 g/mol. The molecule has 2 aliphatic rings. The predicted molar refractivity (Wildman–Crippen MR) is 89.7 cm³/mol. The molecule has 2 rings (SSSR count). The van der Waals surface area contributed by atoms with Crippen LogP contribution in [-0.4, -0.2) is 49.3 Å². The first-order valence-electron chi connectivity index (χ1n) is 9.09. The van der Waals surface area contributed by atoms with Crippen molar-refractivity contribution < 1.29 is 4.74 Å². The molecule has 1 unspecified atom stereocenters. The quantitative estimate of drug-likeness (QED) is 0.730. The Hall–Kier alpha value is -0.120. The lowest BCUT2D eigenvalue weighted by molar-refractivity contribution is 0.0243. The molecule has 1 saturated carbocycles. The minimum absolute atomic E-state index is 0.420. The summed E-state index contributed by atoms with van der Waals surface area (Å²) in [5.41, 5.74) is 0.420. The van der Waals surface area contributed by atoms with Gasteiger partial charge in [0.05, 0.1) is 6.61 Å². The molecule has 1 saturated heterocycles. The molecule has 3 nitrogen and oxygen atoms in total. The smallest absolute Gasteiger partial charge is 0.0593 e. The molecule has 0 aromatic rings. The summed E-state index contributed by atoms with van der Waals surface area (Å²) in [7, 11) is 0. The molecule has 124 valence electrons. The van der Waals surface area contributed by atoms with Crippen molar-refractivity contribution in [1.82, 2.24) is 10.2 Å². The normalized spacial score (nSPS) is 26.3. The molecule has 1 N–H and O–H groups in total. The van der Waals surface area contributed by atoms with E-state index in [0.717, 1.165) is 32.2 Å². The van der Waals surface area contributed by atoms with Gasteiger partial charge >= 0.3 is 0 Å². The van der Waals surface area contributed by atoms with Crippen molar-refractivity contribution in [2.75, 3.05) is 32.8 Å². The van der Waals surface area contributed by atoms with Crippen LogP contribution in [-0.2, 0) is 4.74 Å². The van der Waals surface area contributed by atoms with Crippen LogP contribution >= 0.6 is 0 Å². The minimum atomic E-state index is 0.420. The second-order valence-electron chi connectivity index (χ2n) is 7.95. The van der Waals surface area contributed by atoms with Crippen molar-refractivity contribution >= 4 is 0 Å². The Kier molecular flexibility index (Phi) is 6.51. The van der Waals surface area contributed by atoms with Gasteiger partial charge in [-0.2, -0.15) is 0 Å². The molecule has 0 aromatic heterocycles. The van der Waals surface area contributed by atoms with Crippen molar-refractivity contribution in [3.63, 3.8) is 0 Å². The van der Waals surface area contributed by atoms with Crippen LogP contribution in [0.25, 0.3) is 0 Å². The molecule has 21 heavy (non-hydrogen) atoms. The van der Waals surface area contributed by atoms with Crippen molar-refractivity contribution in [1.29, 1.82) is 0 Å². The highest BCUT2D eigenvalue weighted by atomic mass is 16.5. The van der Waals surface area contributed by atoms with Crippen LogP contribution in [0.4, 0.5) is 0 Å². The lowest BCUT2D eigenvalue weighted by Crippen LogP contribution is -2.64. The highest BCUT2D eigenvalue weighted by Crippen LogP contribution is 2.34. The van der Waals surface area contributed by atoms with E-state index in [1.807, 2.05) is 0 Å².